The Morgan fingerprint density at radius 3 is 2.93 bits per heavy atom. The highest BCUT2D eigenvalue weighted by atomic mass is 15.5. The first-order valence-electron chi connectivity index (χ1n) is 4.79. The van der Waals surface area contributed by atoms with Crippen molar-refractivity contribution in [3.8, 4) is 0 Å². The number of hydrazone groups is 1. The number of hydrogen-bond acceptors (Lipinski definition) is 6. The first-order valence-corrected chi connectivity index (χ1v) is 4.79. The minimum atomic E-state index is -0.121. The molecule has 3 N–H and O–H groups in total. The molecule has 0 saturated heterocycles. The van der Waals surface area contributed by atoms with Crippen LogP contribution in [0.5, 0.6) is 0 Å². The molecule has 0 aromatic carbocycles. The van der Waals surface area contributed by atoms with Gasteiger partial charge in [0.1, 0.15) is 18.3 Å². The predicted molar refractivity (Wildman–Crippen MR) is 59.8 cm³/mol. The second-order valence-electron chi connectivity index (χ2n) is 3.46. The summed E-state index contributed by atoms with van der Waals surface area (Å²) in [6.07, 6.45) is 2.15. The third kappa shape index (κ3) is 1.89. The molecule has 0 radical (unpaired) electrons. The number of nitrogens with one attached hydrogen (secondary N) is 1. The normalized spacial score (nSPS) is 20.3. The zero-order valence-corrected chi connectivity index (χ0v) is 8.81. The van der Waals surface area contributed by atoms with Gasteiger partial charge in [0.25, 0.3) is 0 Å². The van der Waals surface area contributed by atoms with Crippen molar-refractivity contribution in [3.05, 3.63) is 12.4 Å². The van der Waals surface area contributed by atoms with E-state index < -0.39 is 0 Å². The van der Waals surface area contributed by atoms with Crippen LogP contribution in [0.3, 0.4) is 0 Å². The SMILES string of the molecule is CNc1cc(N2N=C(C)CC2N)ncn1. The van der Waals surface area contributed by atoms with Crippen molar-refractivity contribution in [1.29, 1.82) is 0 Å². The number of nitrogens with zero attached hydrogens (tertiary/aromatic N) is 4. The van der Waals surface area contributed by atoms with Gasteiger partial charge in [0, 0.05) is 25.2 Å². The van der Waals surface area contributed by atoms with E-state index in [4.69, 9.17) is 5.73 Å². The van der Waals surface area contributed by atoms with Crippen LogP contribution in [0.4, 0.5) is 11.6 Å². The largest absolute Gasteiger partial charge is 0.373 e. The maximum Gasteiger partial charge on any atom is 0.155 e. The molecule has 1 aliphatic rings. The quantitative estimate of drug-likeness (QED) is 0.731. The van der Waals surface area contributed by atoms with Crippen LogP contribution in [0.15, 0.2) is 17.5 Å². The summed E-state index contributed by atoms with van der Waals surface area (Å²) in [4.78, 5) is 8.18. The third-order valence-electron chi connectivity index (χ3n) is 2.24. The van der Waals surface area contributed by atoms with Crippen molar-refractivity contribution in [2.75, 3.05) is 17.4 Å². The first-order chi connectivity index (χ1) is 7.20. The van der Waals surface area contributed by atoms with Crippen molar-refractivity contribution >= 4 is 17.3 Å². The van der Waals surface area contributed by atoms with E-state index in [0.29, 0.717) is 0 Å². The number of rotatable bonds is 2. The first kappa shape index (κ1) is 9.85. The fraction of sp³-hybridized carbons (Fsp3) is 0.444. The summed E-state index contributed by atoms with van der Waals surface area (Å²) < 4.78 is 0. The van der Waals surface area contributed by atoms with Gasteiger partial charge in [-0.3, -0.25) is 0 Å². The van der Waals surface area contributed by atoms with Gasteiger partial charge in [-0.1, -0.05) is 0 Å². The molecular formula is C9H14N6. The zero-order chi connectivity index (χ0) is 10.8. The van der Waals surface area contributed by atoms with E-state index >= 15 is 0 Å². The van der Waals surface area contributed by atoms with Gasteiger partial charge in [0.2, 0.25) is 0 Å². The molecule has 1 aromatic rings. The minimum Gasteiger partial charge on any atom is -0.373 e. The topological polar surface area (TPSA) is 79.4 Å². The van der Waals surface area contributed by atoms with Gasteiger partial charge in [-0.2, -0.15) is 5.10 Å². The molecule has 2 heterocycles. The Kier molecular flexibility index (Phi) is 2.51. The molecule has 0 spiro atoms. The van der Waals surface area contributed by atoms with Crippen LogP contribution in [-0.2, 0) is 0 Å². The van der Waals surface area contributed by atoms with E-state index in [1.165, 1.54) is 6.33 Å². The van der Waals surface area contributed by atoms with Gasteiger partial charge >= 0.3 is 0 Å². The lowest BCUT2D eigenvalue weighted by molar-refractivity contribution is 0.682. The Morgan fingerprint density at radius 1 is 1.53 bits per heavy atom. The Labute approximate surface area is 88.2 Å². The van der Waals surface area contributed by atoms with Crippen LogP contribution in [0, 0.1) is 0 Å². The van der Waals surface area contributed by atoms with E-state index in [9.17, 15) is 0 Å². The lowest BCUT2D eigenvalue weighted by atomic mass is 10.3. The molecular weight excluding hydrogens is 192 g/mol. The summed E-state index contributed by atoms with van der Waals surface area (Å²) in [6, 6.07) is 1.82. The predicted octanol–water partition coefficient (Wildman–Crippen LogP) is 0.389. The van der Waals surface area contributed by atoms with Crippen molar-refractivity contribution in [2.45, 2.75) is 19.5 Å². The van der Waals surface area contributed by atoms with Gasteiger partial charge in [-0.05, 0) is 6.92 Å². The smallest absolute Gasteiger partial charge is 0.155 e. The van der Waals surface area contributed by atoms with Gasteiger partial charge in [0.05, 0.1) is 0 Å². The standard InChI is InChI=1S/C9H14N6/c1-6-3-7(10)15(14-6)9-4-8(11-2)12-5-13-9/h4-5,7H,3,10H2,1-2H3,(H,11,12,13). The molecule has 1 atom stereocenters. The summed E-state index contributed by atoms with van der Waals surface area (Å²) in [5, 5.41) is 8.99. The van der Waals surface area contributed by atoms with Crippen molar-refractivity contribution in [3.63, 3.8) is 0 Å². The van der Waals surface area contributed by atoms with Gasteiger partial charge in [-0.15, -0.1) is 0 Å². The minimum absolute atomic E-state index is 0.121. The van der Waals surface area contributed by atoms with Crippen LogP contribution in [-0.4, -0.2) is 28.9 Å². The fourth-order valence-corrected chi connectivity index (χ4v) is 1.52. The lowest BCUT2D eigenvalue weighted by Crippen LogP contribution is -2.35. The molecule has 0 saturated carbocycles. The summed E-state index contributed by atoms with van der Waals surface area (Å²) in [7, 11) is 1.81. The van der Waals surface area contributed by atoms with Crippen molar-refractivity contribution in [1.82, 2.24) is 9.97 Å². The highest BCUT2D eigenvalue weighted by Crippen LogP contribution is 2.20. The van der Waals surface area contributed by atoms with Crippen LogP contribution in [0.25, 0.3) is 0 Å². The Balaban J connectivity index is 2.29. The molecule has 0 fully saturated rings. The highest BCUT2D eigenvalue weighted by Gasteiger charge is 2.23. The molecule has 15 heavy (non-hydrogen) atoms. The summed E-state index contributed by atoms with van der Waals surface area (Å²) in [6.45, 7) is 1.96. The van der Waals surface area contributed by atoms with Crippen molar-refractivity contribution < 1.29 is 0 Å². The molecule has 0 amide bonds. The molecule has 1 aromatic heterocycles. The number of aromatic nitrogens is 2. The maximum atomic E-state index is 5.92. The average Bonchev–Trinajstić information content (AvgIpc) is 2.58. The van der Waals surface area contributed by atoms with Crippen LogP contribution in [0.1, 0.15) is 13.3 Å². The number of hydrogen-bond donors (Lipinski definition) is 2. The van der Waals surface area contributed by atoms with E-state index in [1.807, 2.05) is 20.0 Å². The second-order valence-corrected chi connectivity index (χ2v) is 3.46. The number of nitrogens with two attached hydrogens (primary N) is 1. The van der Waals surface area contributed by atoms with Gasteiger partial charge < -0.3 is 11.1 Å². The van der Waals surface area contributed by atoms with Crippen LogP contribution in [0.2, 0.25) is 0 Å². The molecule has 6 heteroatoms. The Bertz CT molecular complexity index is 388. The van der Waals surface area contributed by atoms with E-state index in [1.54, 1.807) is 5.01 Å². The average molecular weight is 206 g/mol. The molecule has 1 aliphatic heterocycles. The fourth-order valence-electron chi connectivity index (χ4n) is 1.52. The van der Waals surface area contributed by atoms with Crippen LogP contribution >= 0.6 is 0 Å². The second kappa shape index (κ2) is 3.82. The maximum absolute atomic E-state index is 5.92. The van der Waals surface area contributed by atoms with Crippen LogP contribution < -0.4 is 16.1 Å². The van der Waals surface area contributed by atoms with E-state index in [2.05, 4.69) is 20.4 Å². The number of anilines is 2. The molecule has 0 aliphatic carbocycles. The molecule has 2 rings (SSSR count). The van der Waals surface area contributed by atoms with Gasteiger partial charge in [-0.25, -0.2) is 15.0 Å². The molecule has 6 nitrogen and oxygen atoms in total. The molecule has 0 bridgehead atoms. The highest BCUT2D eigenvalue weighted by molar-refractivity contribution is 5.86. The van der Waals surface area contributed by atoms with Gasteiger partial charge in [0.15, 0.2) is 5.82 Å². The van der Waals surface area contributed by atoms with Crippen molar-refractivity contribution in [2.24, 2.45) is 10.8 Å². The third-order valence-corrected chi connectivity index (χ3v) is 2.24. The Hall–Kier alpha value is -1.69. The van der Waals surface area contributed by atoms with E-state index in [-0.39, 0.29) is 6.17 Å². The zero-order valence-electron chi connectivity index (χ0n) is 8.81. The monoisotopic (exact) mass is 206 g/mol. The molecule has 80 valence electrons. The summed E-state index contributed by atoms with van der Waals surface area (Å²) >= 11 is 0. The van der Waals surface area contributed by atoms with E-state index in [0.717, 1.165) is 23.8 Å². The Morgan fingerprint density at radius 2 is 2.33 bits per heavy atom. The summed E-state index contributed by atoms with van der Waals surface area (Å²) in [5.41, 5.74) is 6.94. The molecule has 1 unspecified atom stereocenters. The lowest BCUT2D eigenvalue weighted by Gasteiger charge is -2.18. The summed E-state index contributed by atoms with van der Waals surface area (Å²) in [5.74, 6) is 1.48.